The van der Waals surface area contributed by atoms with Gasteiger partial charge in [0.2, 0.25) is 5.91 Å². The van der Waals surface area contributed by atoms with Crippen LogP contribution < -0.4 is 25.4 Å². The summed E-state index contributed by atoms with van der Waals surface area (Å²) in [5.41, 5.74) is 0.876. The topological polar surface area (TPSA) is 108 Å². The van der Waals surface area contributed by atoms with Crippen LogP contribution in [-0.2, 0) is 24.4 Å². The van der Waals surface area contributed by atoms with Gasteiger partial charge in [-0.3, -0.25) is 9.69 Å². The fraction of sp³-hybridized carbons (Fsp3) is 0.304. The normalized spacial score (nSPS) is 12.7. The zero-order valence-electron chi connectivity index (χ0n) is 18.6. The van der Waals surface area contributed by atoms with Crippen molar-refractivity contribution in [1.82, 2.24) is 19.7 Å². The van der Waals surface area contributed by atoms with Gasteiger partial charge in [-0.2, -0.15) is 9.67 Å². The number of benzene rings is 2. The third kappa shape index (κ3) is 4.74. The van der Waals surface area contributed by atoms with Crippen LogP contribution in [0.3, 0.4) is 0 Å². The van der Waals surface area contributed by atoms with Crippen molar-refractivity contribution in [1.29, 1.82) is 0 Å². The standard InChI is InChI=1S/C23H25N5O5/c1-15(2)33-19-8-4-16(5-9-19)12-24-21(29)14-27-23(31)28-20(25-27)13-26(22(28)30)17-6-10-18(32-3)11-7-17/h4-11,15H,12-14H2,1-3H3,(H,24,29). The largest absolute Gasteiger partial charge is 0.497 e. The van der Waals surface area contributed by atoms with Crippen LogP contribution in [0.5, 0.6) is 11.5 Å². The maximum absolute atomic E-state index is 12.8. The SMILES string of the molecule is COc1ccc(N2Cc3nn(CC(=O)NCc4ccc(OC(C)C)cc4)c(=O)n3C2=O)cc1. The van der Waals surface area contributed by atoms with Gasteiger partial charge >= 0.3 is 11.7 Å². The van der Waals surface area contributed by atoms with E-state index < -0.39 is 11.7 Å². The number of fused-ring (bicyclic) bond motifs is 1. The first-order chi connectivity index (χ1) is 15.9. The Morgan fingerprint density at radius 3 is 2.33 bits per heavy atom. The molecule has 0 fully saturated rings. The van der Waals surface area contributed by atoms with Crippen LogP contribution in [0.2, 0.25) is 0 Å². The van der Waals surface area contributed by atoms with Crippen molar-refractivity contribution in [3.05, 3.63) is 70.4 Å². The van der Waals surface area contributed by atoms with Gasteiger partial charge in [0.25, 0.3) is 0 Å². The molecule has 33 heavy (non-hydrogen) atoms. The van der Waals surface area contributed by atoms with Crippen molar-refractivity contribution in [3.63, 3.8) is 0 Å². The lowest BCUT2D eigenvalue weighted by Gasteiger charge is -2.15. The molecule has 0 unspecified atom stereocenters. The Balaban J connectivity index is 1.37. The van der Waals surface area contributed by atoms with Crippen LogP contribution in [0.1, 0.15) is 25.2 Å². The van der Waals surface area contributed by atoms with Gasteiger partial charge in [-0.15, -0.1) is 0 Å². The number of carbonyl (C=O) groups excluding carboxylic acids is 2. The summed E-state index contributed by atoms with van der Waals surface area (Å²) in [6.45, 7) is 4.06. The Labute approximate surface area is 190 Å². The number of rotatable bonds is 8. The Kier molecular flexibility index (Phi) is 6.16. The van der Waals surface area contributed by atoms with E-state index in [0.717, 1.165) is 20.6 Å². The van der Waals surface area contributed by atoms with Crippen LogP contribution in [0, 0.1) is 0 Å². The molecule has 3 aromatic rings. The first kappa shape index (κ1) is 22.1. The van der Waals surface area contributed by atoms with Gasteiger partial charge in [0.05, 0.1) is 19.8 Å². The molecule has 172 valence electrons. The van der Waals surface area contributed by atoms with E-state index >= 15 is 0 Å². The van der Waals surface area contributed by atoms with Gasteiger partial charge in [-0.25, -0.2) is 14.3 Å². The van der Waals surface area contributed by atoms with Crippen LogP contribution in [0.4, 0.5) is 10.5 Å². The van der Waals surface area contributed by atoms with Gasteiger partial charge in [0.15, 0.2) is 5.82 Å². The maximum Gasteiger partial charge on any atom is 0.354 e. The quantitative estimate of drug-likeness (QED) is 0.562. The summed E-state index contributed by atoms with van der Waals surface area (Å²) < 4.78 is 12.7. The lowest BCUT2D eigenvalue weighted by atomic mass is 10.2. The average Bonchev–Trinajstić information content (AvgIpc) is 3.28. The fourth-order valence-electron chi connectivity index (χ4n) is 3.49. The second kappa shape index (κ2) is 9.19. The molecule has 1 aromatic heterocycles. The summed E-state index contributed by atoms with van der Waals surface area (Å²) in [6.07, 6.45) is 0.0839. The van der Waals surface area contributed by atoms with Crippen molar-refractivity contribution < 1.29 is 19.1 Å². The summed E-state index contributed by atoms with van der Waals surface area (Å²) >= 11 is 0. The molecule has 4 rings (SSSR count). The number of hydrogen-bond donors (Lipinski definition) is 1. The molecule has 0 spiro atoms. The number of nitrogens with zero attached hydrogens (tertiary/aromatic N) is 4. The Hall–Kier alpha value is -4.08. The number of aromatic nitrogens is 3. The molecule has 0 aliphatic carbocycles. The molecule has 0 atom stereocenters. The second-order valence-corrected chi connectivity index (χ2v) is 7.85. The zero-order chi connectivity index (χ0) is 23.5. The second-order valence-electron chi connectivity index (χ2n) is 7.85. The van der Waals surface area contributed by atoms with Crippen molar-refractivity contribution in [2.45, 2.75) is 39.6 Å². The monoisotopic (exact) mass is 451 g/mol. The molecule has 2 amide bonds. The molecule has 0 radical (unpaired) electrons. The van der Waals surface area contributed by atoms with E-state index in [0.29, 0.717) is 18.0 Å². The van der Waals surface area contributed by atoms with Crippen molar-refractivity contribution >= 4 is 17.6 Å². The Morgan fingerprint density at radius 2 is 1.73 bits per heavy atom. The third-order valence-corrected chi connectivity index (χ3v) is 5.09. The van der Waals surface area contributed by atoms with Crippen molar-refractivity contribution in [2.24, 2.45) is 0 Å². The molecular formula is C23H25N5O5. The van der Waals surface area contributed by atoms with Gasteiger partial charge in [0, 0.05) is 12.2 Å². The molecule has 2 aromatic carbocycles. The van der Waals surface area contributed by atoms with Crippen LogP contribution >= 0.6 is 0 Å². The van der Waals surface area contributed by atoms with E-state index in [1.54, 1.807) is 31.4 Å². The summed E-state index contributed by atoms with van der Waals surface area (Å²) in [6, 6.07) is 13.8. The molecule has 1 aliphatic heterocycles. The maximum atomic E-state index is 12.8. The molecular weight excluding hydrogens is 426 g/mol. The van der Waals surface area contributed by atoms with Gasteiger partial charge in [-0.1, -0.05) is 12.1 Å². The predicted molar refractivity (Wildman–Crippen MR) is 121 cm³/mol. The van der Waals surface area contributed by atoms with Crippen LogP contribution in [-0.4, -0.2) is 39.5 Å². The van der Waals surface area contributed by atoms with Gasteiger partial charge in [0.1, 0.15) is 18.0 Å². The summed E-state index contributed by atoms with van der Waals surface area (Å²) in [4.78, 5) is 39.3. The predicted octanol–water partition coefficient (Wildman–Crippen LogP) is 2.15. The lowest BCUT2D eigenvalue weighted by Crippen LogP contribution is -2.37. The number of hydrogen-bond acceptors (Lipinski definition) is 6. The van der Waals surface area contributed by atoms with E-state index in [1.165, 1.54) is 4.90 Å². The number of nitrogens with one attached hydrogen (secondary N) is 1. The molecule has 10 nitrogen and oxygen atoms in total. The molecule has 2 heterocycles. The number of anilines is 1. The first-order valence-corrected chi connectivity index (χ1v) is 10.5. The number of methoxy groups -OCH3 is 1. The molecule has 10 heteroatoms. The highest BCUT2D eigenvalue weighted by molar-refractivity contribution is 5.96. The average molecular weight is 451 g/mol. The zero-order valence-corrected chi connectivity index (χ0v) is 18.6. The molecule has 1 N–H and O–H groups in total. The molecule has 0 bridgehead atoms. The van der Waals surface area contributed by atoms with Crippen molar-refractivity contribution in [2.75, 3.05) is 12.0 Å². The highest BCUT2D eigenvalue weighted by Crippen LogP contribution is 2.24. The minimum atomic E-state index is -0.642. The minimum absolute atomic E-state index is 0.0839. The molecule has 0 saturated carbocycles. The van der Waals surface area contributed by atoms with E-state index in [-0.39, 0.29) is 30.9 Å². The van der Waals surface area contributed by atoms with E-state index in [4.69, 9.17) is 9.47 Å². The fourth-order valence-corrected chi connectivity index (χ4v) is 3.49. The smallest absolute Gasteiger partial charge is 0.354 e. The first-order valence-electron chi connectivity index (χ1n) is 10.5. The Bertz CT molecular complexity index is 1210. The minimum Gasteiger partial charge on any atom is -0.497 e. The summed E-state index contributed by atoms with van der Waals surface area (Å²) in [5.74, 6) is 1.33. The van der Waals surface area contributed by atoms with Crippen LogP contribution in [0.25, 0.3) is 0 Å². The number of amides is 2. The summed E-state index contributed by atoms with van der Waals surface area (Å²) in [7, 11) is 1.56. The Morgan fingerprint density at radius 1 is 1.06 bits per heavy atom. The highest BCUT2D eigenvalue weighted by Gasteiger charge is 2.33. The van der Waals surface area contributed by atoms with Crippen LogP contribution in [0.15, 0.2) is 53.3 Å². The number of ether oxygens (including phenoxy) is 2. The lowest BCUT2D eigenvalue weighted by molar-refractivity contribution is -0.122. The van der Waals surface area contributed by atoms with Crippen molar-refractivity contribution in [3.8, 4) is 11.5 Å². The van der Waals surface area contributed by atoms with E-state index in [9.17, 15) is 14.4 Å². The van der Waals surface area contributed by atoms with Gasteiger partial charge < -0.3 is 14.8 Å². The third-order valence-electron chi connectivity index (χ3n) is 5.09. The summed E-state index contributed by atoms with van der Waals surface area (Å²) in [5, 5.41) is 6.95. The van der Waals surface area contributed by atoms with E-state index in [2.05, 4.69) is 10.4 Å². The number of carbonyl (C=O) groups is 2. The molecule has 0 saturated heterocycles. The van der Waals surface area contributed by atoms with E-state index in [1.807, 2.05) is 38.1 Å². The highest BCUT2D eigenvalue weighted by atomic mass is 16.5. The molecule has 1 aliphatic rings. The van der Waals surface area contributed by atoms with Gasteiger partial charge in [-0.05, 0) is 55.8 Å².